The quantitative estimate of drug-likeness (QED) is 0.781. The number of benzene rings is 2. The van der Waals surface area contributed by atoms with E-state index in [-0.39, 0.29) is 17.6 Å². The smallest absolute Gasteiger partial charge is 0.222 e. The van der Waals surface area contributed by atoms with Gasteiger partial charge in [0.1, 0.15) is 5.75 Å². The Hall–Kier alpha value is -2.29. The summed E-state index contributed by atoms with van der Waals surface area (Å²) in [6.07, 6.45) is 3.56. The molecule has 0 saturated carbocycles. The fourth-order valence-corrected chi connectivity index (χ4v) is 2.60. The van der Waals surface area contributed by atoms with Gasteiger partial charge in [-0.3, -0.25) is 4.79 Å². The molecule has 1 amide bonds. The molecule has 0 saturated heterocycles. The third-order valence-corrected chi connectivity index (χ3v) is 4.08. The molecule has 2 rings (SSSR count). The van der Waals surface area contributed by atoms with Crippen LogP contribution in [0.15, 0.2) is 54.6 Å². The molecule has 0 heterocycles. The van der Waals surface area contributed by atoms with Crippen molar-refractivity contribution < 1.29 is 9.90 Å². The van der Waals surface area contributed by atoms with E-state index in [1.54, 1.807) is 12.1 Å². The summed E-state index contributed by atoms with van der Waals surface area (Å²) in [6, 6.07) is 17.6. The van der Waals surface area contributed by atoms with E-state index in [0.29, 0.717) is 13.0 Å². The molecule has 0 aliphatic carbocycles. The lowest BCUT2D eigenvalue weighted by Crippen LogP contribution is -2.31. The van der Waals surface area contributed by atoms with Crippen molar-refractivity contribution in [2.75, 3.05) is 6.54 Å². The maximum absolute atomic E-state index is 12.1. The van der Waals surface area contributed by atoms with E-state index in [4.69, 9.17) is 0 Å². The minimum Gasteiger partial charge on any atom is -0.508 e. The molecule has 23 heavy (non-hydrogen) atoms. The van der Waals surface area contributed by atoms with Crippen LogP contribution in [0, 0.1) is 5.92 Å². The Kier molecular flexibility index (Phi) is 6.67. The maximum atomic E-state index is 12.1. The first-order valence-corrected chi connectivity index (χ1v) is 8.25. The van der Waals surface area contributed by atoms with E-state index in [9.17, 15) is 9.90 Å². The van der Waals surface area contributed by atoms with E-state index in [0.717, 1.165) is 24.8 Å². The van der Waals surface area contributed by atoms with Crippen molar-refractivity contribution in [1.82, 2.24) is 5.32 Å². The number of para-hydroxylation sites is 1. The van der Waals surface area contributed by atoms with Crippen molar-refractivity contribution in [1.29, 1.82) is 0 Å². The summed E-state index contributed by atoms with van der Waals surface area (Å²) >= 11 is 0. The third-order valence-electron chi connectivity index (χ3n) is 4.08. The molecule has 0 spiro atoms. The fourth-order valence-electron chi connectivity index (χ4n) is 2.60. The van der Waals surface area contributed by atoms with Gasteiger partial charge in [0.2, 0.25) is 5.91 Å². The lowest BCUT2D eigenvalue weighted by Gasteiger charge is -2.12. The van der Waals surface area contributed by atoms with E-state index in [1.165, 1.54) is 5.56 Å². The normalized spacial score (nSPS) is 11.9. The van der Waals surface area contributed by atoms with Crippen molar-refractivity contribution in [3.8, 4) is 5.75 Å². The number of aromatic hydroxyl groups is 1. The number of phenols is 1. The summed E-state index contributed by atoms with van der Waals surface area (Å²) in [7, 11) is 0. The summed E-state index contributed by atoms with van der Waals surface area (Å²) in [5, 5.41) is 12.7. The number of hydrogen-bond acceptors (Lipinski definition) is 2. The minimum absolute atomic E-state index is 0.0167. The highest BCUT2D eigenvalue weighted by molar-refractivity contribution is 5.78. The van der Waals surface area contributed by atoms with Crippen molar-refractivity contribution in [2.45, 2.75) is 32.6 Å². The standard InChI is InChI=1S/C20H25NO2/c1-16(8-7-11-17-9-3-2-4-10-17)20(23)21-15-14-18-12-5-6-13-19(18)22/h2-6,9-10,12-13,16,22H,7-8,11,14-15H2,1H3,(H,21,23)/t16-/m0/s1. The lowest BCUT2D eigenvalue weighted by molar-refractivity contribution is -0.124. The predicted octanol–water partition coefficient (Wildman–Crippen LogP) is 3.71. The molecule has 2 aromatic carbocycles. The van der Waals surface area contributed by atoms with Gasteiger partial charge in [-0.05, 0) is 42.9 Å². The number of phenolic OH excluding ortho intramolecular Hbond substituents is 1. The molecule has 2 aromatic rings. The van der Waals surface area contributed by atoms with Crippen LogP contribution >= 0.6 is 0 Å². The van der Waals surface area contributed by atoms with E-state index in [1.807, 2.05) is 37.3 Å². The van der Waals surface area contributed by atoms with Crippen molar-refractivity contribution >= 4 is 5.91 Å². The van der Waals surface area contributed by atoms with Crippen molar-refractivity contribution in [3.05, 3.63) is 65.7 Å². The molecule has 0 bridgehead atoms. The monoisotopic (exact) mass is 311 g/mol. The molecule has 0 fully saturated rings. The van der Waals surface area contributed by atoms with Crippen LogP contribution in [0.4, 0.5) is 0 Å². The Morgan fingerprint density at radius 1 is 1.04 bits per heavy atom. The first-order valence-electron chi connectivity index (χ1n) is 8.25. The van der Waals surface area contributed by atoms with Crippen LogP contribution in [0.1, 0.15) is 30.9 Å². The molecule has 0 aliphatic heterocycles. The van der Waals surface area contributed by atoms with Crippen LogP contribution < -0.4 is 5.32 Å². The molecule has 122 valence electrons. The highest BCUT2D eigenvalue weighted by Gasteiger charge is 2.12. The number of rotatable bonds is 8. The number of carbonyl (C=O) groups excluding carboxylic acids is 1. The molecular formula is C20H25NO2. The second-order valence-corrected chi connectivity index (χ2v) is 5.95. The molecule has 0 aromatic heterocycles. The van der Waals surface area contributed by atoms with E-state index < -0.39 is 0 Å². The van der Waals surface area contributed by atoms with Gasteiger partial charge in [0.05, 0.1) is 0 Å². The van der Waals surface area contributed by atoms with Gasteiger partial charge in [0, 0.05) is 12.5 Å². The van der Waals surface area contributed by atoms with Crippen LogP contribution in [0.2, 0.25) is 0 Å². The molecule has 2 N–H and O–H groups in total. The van der Waals surface area contributed by atoms with Gasteiger partial charge < -0.3 is 10.4 Å². The van der Waals surface area contributed by atoms with Gasteiger partial charge in [-0.25, -0.2) is 0 Å². The third kappa shape index (κ3) is 5.78. The summed E-state index contributed by atoms with van der Waals surface area (Å²) in [4.78, 5) is 12.1. The summed E-state index contributed by atoms with van der Waals surface area (Å²) in [5.74, 6) is 0.397. The molecule has 3 nitrogen and oxygen atoms in total. The number of nitrogens with one attached hydrogen (secondary N) is 1. The molecule has 0 aliphatic rings. The van der Waals surface area contributed by atoms with Crippen LogP contribution in [0.3, 0.4) is 0 Å². The highest BCUT2D eigenvalue weighted by Crippen LogP contribution is 2.15. The van der Waals surface area contributed by atoms with E-state index >= 15 is 0 Å². The maximum Gasteiger partial charge on any atom is 0.222 e. The Morgan fingerprint density at radius 3 is 2.48 bits per heavy atom. The Morgan fingerprint density at radius 2 is 1.74 bits per heavy atom. The minimum atomic E-state index is 0.0167. The van der Waals surface area contributed by atoms with Crippen molar-refractivity contribution in [2.24, 2.45) is 5.92 Å². The van der Waals surface area contributed by atoms with Crippen LogP contribution in [-0.2, 0) is 17.6 Å². The average Bonchev–Trinajstić information content (AvgIpc) is 2.57. The second-order valence-electron chi connectivity index (χ2n) is 5.95. The Labute approximate surface area is 138 Å². The lowest BCUT2D eigenvalue weighted by atomic mass is 10.0. The number of hydrogen-bond donors (Lipinski definition) is 2. The zero-order valence-electron chi connectivity index (χ0n) is 13.7. The predicted molar refractivity (Wildman–Crippen MR) is 93.4 cm³/mol. The summed E-state index contributed by atoms with van der Waals surface area (Å²) < 4.78 is 0. The zero-order valence-corrected chi connectivity index (χ0v) is 13.7. The van der Waals surface area contributed by atoms with Gasteiger partial charge in [-0.1, -0.05) is 55.5 Å². The molecule has 3 heteroatoms. The second kappa shape index (κ2) is 8.99. The van der Waals surface area contributed by atoms with Gasteiger partial charge in [-0.2, -0.15) is 0 Å². The van der Waals surface area contributed by atoms with Crippen LogP contribution in [0.25, 0.3) is 0 Å². The first-order chi connectivity index (χ1) is 11.2. The topological polar surface area (TPSA) is 49.3 Å². The molecule has 0 radical (unpaired) electrons. The number of aryl methyl sites for hydroxylation is 1. The molecular weight excluding hydrogens is 286 g/mol. The zero-order chi connectivity index (χ0) is 16.5. The van der Waals surface area contributed by atoms with E-state index in [2.05, 4.69) is 17.4 Å². The Bertz CT molecular complexity index is 610. The van der Waals surface area contributed by atoms with Crippen molar-refractivity contribution in [3.63, 3.8) is 0 Å². The number of carbonyl (C=O) groups is 1. The first kappa shape index (κ1) is 17.1. The van der Waals surface area contributed by atoms with Gasteiger partial charge in [0.15, 0.2) is 0 Å². The SMILES string of the molecule is C[C@@H](CCCc1ccccc1)C(=O)NCCc1ccccc1O. The van der Waals surface area contributed by atoms with Gasteiger partial charge >= 0.3 is 0 Å². The van der Waals surface area contributed by atoms with Gasteiger partial charge in [-0.15, -0.1) is 0 Å². The van der Waals surface area contributed by atoms with Gasteiger partial charge in [0.25, 0.3) is 0 Å². The Balaban J connectivity index is 1.66. The summed E-state index contributed by atoms with van der Waals surface area (Å²) in [5.41, 5.74) is 2.18. The largest absolute Gasteiger partial charge is 0.508 e. The van der Waals surface area contributed by atoms with Crippen LogP contribution in [-0.4, -0.2) is 17.6 Å². The number of amides is 1. The average molecular weight is 311 g/mol. The molecule has 1 atom stereocenters. The molecule has 0 unspecified atom stereocenters. The highest BCUT2D eigenvalue weighted by atomic mass is 16.3. The van der Waals surface area contributed by atoms with Crippen LogP contribution in [0.5, 0.6) is 5.75 Å². The summed E-state index contributed by atoms with van der Waals surface area (Å²) in [6.45, 7) is 2.53. The fraction of sp³-hybridized carbons (Fsp3) is 0.350.